The molecule has 5 nitrogen and oxygen atoms in total. The number of hydrogen-bond acceptors (Lipinski definition) is 3. The molecule has 1 heterocycles. The molecule has 0 bridgehead atoms. The average Bonchev–Trinajstić information content (AvgIpc) is 2.65. The van der Waals surface area contributed by atoms with Crippen molar-refractivity contribution in [3.05, 3.63) is 24.0 Å². The second kappa shape index (κ2) is 4.64. The summed E-state index contributed by atoms with van der Waals surface area (Å²) < 4.78 is 0. The van der Waals surface area contributed by atoms with Crippen LogP contribution < -0.4 is 11.1 Å². The zero-order valence-electron chi connectivity index (χ0n) is 7.16. The molecule has 1 aromatic heterocycles. The minimum Gasteiger partial charge on any atom is -0.382 e. The van der Waals surface area contributed by atoms with Crippen LogP contribution in [0.4, 0.5) is 0 Å². The summed E-state index contributed by atoms with van der Waals surface area (Å²) in [6.45, 7) is 0.319. The Morgan fingerprint density at radius 1 is 1.77 bits per heavy atom. The highest BCUT2D eigenvalue weighted by molar-refractivity contribution is 5.80. The van der Waals surface area contributed by atoms with Gasteiger partial charge in [-0.15, -0.1) is 0 Å². The summed E-state index contributed by atoms with van der Waals surface area (Å²) in [5, 5.41) is 11.5. The number of nitrogens with one attached hydrogen (secondary N) is 2. The van der Waals surface area contributed by atoms with Crippen LogP contribution in [0.2, 0.25) is 0 Å². The number of hydrogen-bond donors (Lipinski definition) is 4. The largest absolute Gasteiger partial charge is 0.382 e. The lowest BCUT2D eigenvalue weighted by atomic mass is 10.3. The van der Waals surface area contributed by atoms with Crippen molar-refractivity contribution in [1.29, 1.82) is 0 Å². The third-order valence-corrected chi connectivity index (χ3v) is 1.64. The molecule has 0 aliphatic rings. The van der Waals surface area contributed by atoms with Gasteiger partial charge >= 0.3 is 0 Å². The van der Waals surface area contributed by atoms with E-state index in [4.69, 9.17) is 10.8 Å². The Morgan fingerprint density at radius 2 is 2.54 bits per heavy atom. The lowest BCUT2D eigenvalue weighted by molar-refractivity contribution is -0.128. The normalized spacial score (nSPS) is 12.5. The van der Waals surface area contributed by atoms with Crippen LogP contribution >= 0.6 is 0 Å². The quantitative estimate of drug-likeness (QED) is 0.480. The molecule has 1 rings (SSSR count). The highest BCUT2D eigenvalue weighted by Gasteiger charge is 2.11. The van der Waals surface area contributed by atoms with Crippen LogP contribution in [0, 0.1) is 0 Å². The molecule has 0 radical (unpaired) electrons. The second-order valence-corrected chi connectivity index (χ2v) is 2.66. The minimum atomic E-state index is -1.12. The maximum Gasteiger partial charge on any atom is 0.250 e. The van der Waals surface area contributed by atoms with Gasteiger partial charge in [0, 0.05) is 18.4 Å². The highest BCUT2D eigenvalue weighted by atomic mass is 16.3. The summed E-state index contributed by atoms with van der Waals surface area (Å²) in [5.74, 6) is -0.447. The first-order chi connectivity index (χ1) is 6.24. The summed E-state index contributed by atoms with van der Waals surface area (Å²) in [4.78, 5) is 13.9. The van der Waals surface area contributed by atoms with Crippen molar-refractivity contribution >= 4 is 5.91 Å². The predicted octanol–water partition coefficient (Wildman–Crippen LogP) is -1.05. The second-order valence-electron chi connectivity index (χ2n) is 2.66. The fraction of sp³-hybridized carbons (Fsp3) is 0.375. The standard InChI is InChI=1S/C8H13N3O2/c9-4-7(12)8(13)11-5-6-2-1-3-10-6/h1-3,7,10,12H,4-5,9H2,(H,11,13). The Morgan fingerprint density at radius 3 is 3.08 bits per heavy atom. The predicted molar refractivity (Wildman–Crippen MR) is 47.7 cm³/mol. The van der Waals surface area contributed by atoms with Gasteiger partial charge in [0.15, 0.2) is 0 Å². The third-order valence-electron chi connectivity index (χ3n) is 1.64. The Hall–Kier alpha value is -1.33. The van der Waals surface area contributed by atoms with Gasteiger partial charge in [0.2, 0.25) is 5.91 Å². The molecular formula is C8H13N3O2. The van der Waals surface area contributed by atoms with E-state index in [-0.39, 0.29) is 6.54 Å². The van der Waals surface area contributed by atoms with Crippen LogP contribution in [0.15, 0.2) is 18.3 Å². The van der Waals surface area contributed by atoms with E-state index in [1.807, 2.05) is 12.1 Å². The van der Waals surface area contributed by atoms with Crippen molar-refractivity contribution in [2.75, 3.05) is 6.54 Å². The van der Waals surface area contributed by atoms with Crippen LogP contribution in [-0.4, -0.2) is 28.6 Å². The van der Waals surface area contributed by atoms with Crippen molar-refractivity contribution in [1.82, 2.24) is 10.3 Å². The Balaban J connectivity index is 2.31. The Kier molecular flexibility index (Phi) is 3.48. The molecule has 0 spiro atoms. The molecule has 1 unspecified atom stereocenters. The molecule has 1 aromatic rings. The van der Waals surface area contributed by atoms with Crippen LogP contribution in [0.1, 0.15) is 5.69 Å². The molecule has 0 saturated carbocycles. The van der Waals surface area contributed by atoms with E-state index in [0.29, 0.717) is 6.54 Å². The fourth-order valence-electron chi connectivity index (χ4n) is 0.885. The molecule has 5 N–H and O–H groups in total. The zero-order chi connectivity index (χ0) is 9.68. The van der Waals surface area contributed by atoms with Crippen molar-refractivity contribution in [2.45, 2.75) is 12.6 Å². The fourth-order valence-corrected chi connectivity index (χ4v) is 0.885. The van der Waals surface area contributed by atoms with Crippen LogP contribution in [0.5, 0.6) is 0 Å². The molecule has 13 heavy (non-hydrogen) atoms. The van der Waals surface area contributed by atoms with E-state index in [0.717, 1.165) is 5.69 Å². The lowest BCUT2D eigenvalue weighted by Crippen LogP contribution is -2.38. The number of carbonyl (C=O) groups excluding carboxylic acids is 1. The first-order valence-electron chi connectivity index (χ1n) is 4.02. The highest BCUT2D eigenvalue weighted by Crippen LogP contribution is 1.93. The molecule has 0 fully saturated rings. The summed E-state index contributed by atoms with van der Waals surface area (Å²) in [6, 6.07) is 3.68. The maximum absolute atomic E-state index is 11.0. The van der Waals surface area contributed by atoms with Crippen molar-refractivity contribution in [2.24, 2.45) is 5.73 Å². The summed E-state index contributed by atoms with van der Waals surface area (Å²) in [6.07, 6.45) is 0.649. The van der Waals surface area contributed by atoms with E-state index >= 15 is 0 Å². The Bertz CT molecular complexity index is 258. The molecule has 0 aliphatic carbocycles. The number of aromatic amines is 1. The lowest BCUT2D eigenvalue weighted by Gasteiger charge is -2.07. The van der Waals surface area contributed by atoms with Gasteiger partial charge in [-0.05, 0) is 12.1 Å². The van der Waals surface area contributed by atoms with Gasteiger partial charge in [-0.2, -0.15) is 0 Å². The van der Waals surface area contributed by atoms with Gasteiger partial charge < -0.3 is 21.1 Å². The number of amides is 1. The molecule has 1 atom stereocenters. The van der Waals surface area contributed by atoms with Crippen LogP contribution in [0.25, 0.3) is 0 Å². The topological polar surface area (TPSA) is 91.1 Å². The minimum absolute atomic E-state index is 0.0590. The average molecular weight is 183 g/mol. The molecule has 5 heteroatoms. The van der Waals surface area contributed by atoms with Gasteiger partial charge in [-0.25, -0.2) is 0 Å². The smallest absolute Gasteiger partial charge is 0.250 e. The monoisotopic (exact) mass is 183 g/mol. The molecule has 1 amide bonds. The number of nitrogens with two attached hydrogens (primary N) is 1. The summed E-state index contributed by atoms with van der Waals surface area (Å²) in [7, 11) is 0. The van der Waals surface area contributed by atoms with Crippen molar-refractivity contribution < 1.29 is 9.90 Å². The van der Waals surface area contributed by atoms with Crippen LogP contribution in [0.3, 0.4) is 0 Å². The number of aromatic nitrogens is 1. The molecule has 0 aromatic carbocycles. The number of aliphatic hydroxyl groups excluding tert-OH is 1. The van der Waals surface area contributed by atoms with Gasteiger partial charge in [0.25, 0.3) is 0 Å². The summed E-state index contributed by atoms with van der Waals surface area (Å²) in [5.41, 5.74) is 5.99. The van der Waals surface area contributed by atoms with E-state index in [9.17, 15) is 4.79 Å². The number of H-pyrrole nitrogens is 1. The molecule has 72 valence electrons. The number of rotatable bonds is 4. The summed E-state index contributed by atoms with van der Waals surface area (Å²) >= 11 is 0. The van der Waals surface area contributed by atoms with E-state index < -0.39 is 12.0 Å². The van der Waals surface area contributed by atoms with Gasteiger partial charge in [-0.3, -0.25) is 4.79 Å². The first kappa shape index (κ1) is 9.76. The molecule has 0 aliphatic heterocycles. The van der Waals surface area contributed by atoms with E-state index in [2.05, 4.69) is 10.3 Å². The third kappa shape index (κ3) is 2.89. The maximum atomic E-state index is 11.0. The van der Waals surface area contributed by atoms with Gasteiger partial charge in [0.05, 0.1) is 6.54 Å². The number of aliphatic hydroxyl groups is 1. The molecule has 0 saturated heterocycles. The zero-order valence-corrected chi connectivity index (χ0v) is 7.16. The Labute approximate surface area is 75.9 Å². The first-order valence-corrected chi connectivity index (χ1v) is 4.02. The van der Waals surface area contributed by atoms with Gasteiger partial charge in [0.1, 0.15) is 6.10 Å². The van der Waals surface area contributed by atoms with E-state index in [1.165, 1.54) is 0 Å². The van der Waals surface area contributed by atoms with Gasteiger partial charge in [-0.1, -0.05) is 0 Å². The van der Waals surface area contributed by atoms with Crippen LogP contribution in [-0.2, 0) is 11.3 Å². The SMILES string of the molecule is NCC(O)C(=O)NCc1ccc[nH]1. The number of carbonyl (C=O) groups is 1. The van der Waals surface area contributed by atoms with Crippen molar-refractivity contribution in [3.8, 4) is 0 Å². The van der Waals surface area contributed by atoms with E-state index in [1.54, 1.807) is 6.20 Å². The van der Waals surface area contributed by atoms with Crippen molar-refractivity contribution in [3.63, 3.8) is 0 Å². The molecular weight excluding hydrogens is 170 g/mol.